The summed E-state index contributed by atoms with van der Waals surface area (Å²) in [5.74, 6) is -0.417. The Hall–Kier alpha value is -2.53. The van der Waals surface area contributed by atoms with Crippen LogP contribution in [0.2, 0.25) is 15.1 Å². The molecule has 0 fully saturated rings. The normalized spacial score (nSPS) is 11.6. The van der Waals surface area contributed by atoms with Gasteiger partial charge in [-0.25, -0.2) is 0 Å². The summed E-state index contributed by atoms with van der Waals surface area (Å²) in [5, 5.41) is 4.49. The van der Waals surface area contributed by atoms with Crippen LogP contribution in [0, 0.1) is 0 Å². The van der Waals surface area contributed by atoms with E-state index in [4.69, 9.17) is 34.8 Å². The third-order valence-electron chi connectivity index (χ3n) is 5.10. The fourth-order valence-corrected chi connectivity index (χ4v) is 3.84. The summed E-state index contributed by atoms with van der Waals surface area (Å²) < 4.78 is 0. The molecule has 3 rings (SSSR count). The average Bonchev–Trinajstić information content (AvgIpc) is 2.78. The Balaban J connectivity index is 1.73. The predicted octanol–water partition coefficient (Wildman–Crippen LogP) is 5.92. The van der Waals surface area contributed by atoms with Crippen molar-refractivity contribution < 1.29 is 9.59 Å². The van der Waals surface area contributed by atoms with E-state index in [0.717, 1.165) is 16.7 Å². The first-order valence-corrected chi connectivity index (χ1v) is 11.3. The van der Waals surface area contributed by atoms with Gasteiger partial charge in [0.1, 0.15) is 6.04 Å². The summed E-state index contributed by atoms with van der Waals surface area (Å²) in [4.78, 5) is 27.7. The molecule has 0 radical (unpaired) electrons. The van der Waals surface area contributed by atoms with Gasteiger partial charge in [0.25, 0.3) is 0 Å². The van der Waals surface area contributed by atoms with Crippen LogP contribution in [0.5, 0.6) is 0 Å². The number of amides is 2. The molecule has 0 saturated heterocycles. The van der Waals surface area contributed by atoms with Gasteiger partial charge in [-0.2, -0.15) is 0 Å². The number of rotatable bonds is 8. The molecule has 7 heteroatoms. The molecule has 0 bridgehead atoms. The maximum atomic E-state index is 13.2. The van der Waals surface area contributed by atoms with Gasteiger partial charge in [-0.05, 0) is 47.9 Å². The SMILES string of the molecule is C[C@H](C(=O)NCc1ccc(Cl)cc1Cl)N(Cc1ccccc1)C(=O)Cc1ccc(Cl)cc1. The van der Waals surface area contributed by atoms with Crippen molar-refractivity contribution in [3.05, 3.63) is 105 Å². The zero-order valence-electron chi connectivity index (χ0n) is 17.5. The molecular weight excluding hydrogens is 467 g/mol. The van der Waals surface area contributed by atoms with Gasteiger partial charge in [-0.1, -0.05) is 83.3 Å². The van der Waals surface area contributed by atoms with E-state index in [0.29, 0.717) is 21.6 Å². The molecule has 0 spiro atoms. The number of carbonyl (C=O) groups is 2. The van der Waals surface area contributed by atoms with Crippen LogP contribution < -0.4 is 5.32 Å². The molecule has 1 atom stereocenters. The molecule has 0 aromatic heterocycles. The third kappa shape index (κ3) is 6.73. The van der Waals surface area contributed by atoms with E-state index in [1.54, 1.807) is 42.2 Å². The first-order valence-electron chi connectivity index (χ1n) is 10.1. The van der Waals surface area contributed by atoms with Gasteiger partial charge >= 0.3 is 0 Å². The number of hydrogen-bond donors (Lipinski definition) is 1. The van der Waals surface area contributed by atoms with E-state index in [9.17, 15) is 9.59 Å². The van der Waals surface area contributed by atoms with Crippen molar-refractivity contribution in [2.24, 2.45) is 0 Å². The van der Waals surface area contributed by atoms with Crippen molar-refractivity contribution in [1.29, 1.82) is 0 Å². The van der Waals surface area contributed by atoms with Crippen LogP contribution in [-0.2, 0) is 29.1 Å². The second-order valence-corrected chi connectivity index (χ2v) is 8.72. The first kappa shape index (κ1) is 24.1. The Morgan fingerprint density at radius 2 is 1.53 bits per heavy atom. The number of hydrogen-bond acceptors (Lipinski definition) is 2. The molecule has 0 aliphatic heterocycles. The third-order valence-corrected chi connectivity index (χ3v) is 5.94. The number of halogens is 3. The molecule has 2 amide bonds. The van der Waals surface area contributed by atoms with Crippen LogP contribution in [-0.4, -0.2) is 22.8 Å². The molecule has 0 heterocycles. The molecule has 32 heavy (non-hydrogen) atoms. The standard InChI is InChI=1S/C25H23Cl3N2O2/c1-17(25(32)29-15-20-9-12-22(27)14-23(20)28)30(16-19-5-3-2-4-6-19)24(31)13-18-7-10-21(26)11-8-18/h2-12,14,17H,13,15-16H2,1H3,(H,29,32)/t17-/m1/s1. The van der Waals surface area contributed by atoms with E-state index in [1.807, 2.05) is 42.5 Å². The Morgan fingerprint density at radius 1 is 0.875 bits per heavy atom. The van der Waals surface area contributed by atoms with Crippen LogP contribution in [0.1, 0.15) is 23.6 Å². The highest BCUT2D eigenvalue weighted by atomic mass is 35.5. The number of carbonyl (C=O) groups excluding carboxylic acids is 2. The maximum absolute atomic E-state index is 13.2. The minimum atomic E-state index is -0.680. The van der Waals surface area contributed by atoms with Gasteiger partial charge in [0.05, 0.1) is 6.42 Å². The summed E-state index contributed by atoms with van der Waals surface area (Å²) in [6, 6.07) is 21.1. The van der Waals surface area contributed by atoms with E-state index in [-0.39, 0.29) is 24.8 Å². The Morgan fingerprint density at radius 3 is 2.19 bits per heavy atom. The van der Waals surface area contributed by atoms with Crippen molar-refractivity contribution in [2.45, 2.75) is 32.5 Å². The lowest BCUT2D eigenvalue weighted by Crippen LogP contribution is -2.48. The summed E-state index contributed by atoms with van der Waals surface area (Å²) in [6.07, 6.45) is 0.171. The fourth-order valence-electron chi connectivity index (χ4n) is 3.24. The molecule has 3 aromatic rings. The van der Waals surface area contributed by atoms with Gasteiger partial charge in [0.2, 0.25) is 11.8 Å². The molecule has 3 aromatic carbocycles. The Bertz CT molecular complexity index is 1070. The van der Waals surface area contributed by atoms with Gasteiger partial charge in [0, 0.05) is 28.2 Å². The number of nitrogens with one attached hydrogen (secondary N) is 1. The van der Waals surface area contributed by atoms with E-state index in [2.05, 4.69) is 5.32 Å². The predicted molar refractivity (Wildman–Crippen MR) is 130 cm³/mol. The lowest BCUT2D eigenvalue weighted by Gasteiger charge is -2.29. The van der Waals surface area contributed by atoms with Crippen LogP contribution in [0.4, 0.5) is 0 Å². The summed E-state index contributed by atoms with van der Waals surface area (Å²) >= 11 is 18.1. The van der Waals surface area contributed by atoms with Crippen LogP contribution in [0.15, 0.2) is 72.8 Å². The molecule has 4 nitrogen and oxygen atoms in total. The van der Waals surface area contributed by atoms with Crippen molar-refractivity contribution >= 4 is 46.6 Å². The lowest BCUT2D eigenvalue weighted by molar-refractivity contribution is -0.140. The quantitative estimate of drug-likeness (QED) is 0.427. The molecule has 0 aliphatic rings. The van der Waals surface area contributed by atoms with Crippen LogP contribution in [0.25, 0.3) is 0 Å². The summed E-state index contributed by atoms with van der Waals surface area (Å²) in [6.45, 7) is 2.29. The van der Waals surface area contributed by atoms with Crippen LogP contribution in [0.3, 0.4) is 0 Å². The molecule has 0 saturated carbocycles. The fraction of sp³-hybridized carbons (Fsp3) is 0.200. The van der Waals surface area contributed by atoms with Crippen LogP contribution >= 0.6 is 34.8 Å². The van der Waals surface area contributed by atoms with Crippen molar-refractivity contribution in [3.63, 3.8) is 0 Å². The van der Waals surface area contributed by atoms with Gasteiger partial charge in [-0.3, -0.25) is 9.59 Å². The highest BCUT2D eigenvalue weighted by Gasteiger charge is 2.26. The highest BCUT2D eigenvalue weighted by Crippen LogP contribution is 2.21. The molecular formula is C25H23Cl3N2O2. The smallest absolute Gasteiger partial charge is 0.242 e. The molecule has 0 unspecified atom stereocenters. The topological polar surface area (TPSA) is 49.4 Å². The zero-order chi connectivity index (χ0) is 23.1. The van der Waals surface area contributed by atoms with Crippen molar-refractivity contribution in [3.8, 4) is 0 Å². The maximum Gasteiger partial charge on any atom is 0.242 e. The zero-order valence-corrected chi connectivity index (χ0v) is 19.8. The van der Waals surface area contributed by atoms with Crippen molar-refractivity contribution in [1.82, 2.24) is 10.2 Å². The largest absolute Gasteiger partial charge is 0.350 e. The number of nitrogens with zero attached hydrogens (tertiary/aromatic N) is 1. The second-order valence-electron chi connectivity index (χ2n) is 7.44. The Labute approximate surface area is 203 Å². The monoisotopic (exact) mass is 488 g/mol. The summed E-state index contributed by atoms with van der Waals surface area (Å²) in [5.41, 5.74) is 2.52. The van der Waals surface area contributed by atoms with E-state index < -0.39 is 6.04 Å². The summed E-state index contributed by atoms with van der Waals surface area (Å²) in [7, 11) is 0. The minimum Gasteiger partial charge on any atom is -0.350 e. The van der Waals surface area contributed by atoms with Gasteiger partial charge in [0.15, 0.2) is 0 Å². The lowest BCUT2D eigenvalue weighted by atomic mass is 10.1. The average molecular weight is 490 g/mol. The second kappa shape index (κ2) is 11.4. The first-order chi connectivity index (χ1) is 15.3. The van der Waals surface area contributed by atoms with Crippen molar-refractivity contribution in [2.75, 3.05) is 0 Å². The molecule has 0 aliphatic carbocycles. The minimum absolute atomic E-state index is 0.150. The van der Waals surface area contributed by atoms with E-state index >= 15 is 0 Å². The highest BCUT2D eigenvalue weighted by molar-refractivity contribution is 6.35. The molecule has 1 N–H and O–H groups in total. The van der Waals surface area contributed by atoms with Gasteiger partial charge in [-0.15, -0.1) is 0 Å². The van der Waals surface area contributed by atoms with Gasteiger partial charge < -0.3 is 10.2 Å². The Kier molecular flexibility index (Phi) is 8.57. The number of benzene rings is 3. The van der Waals surface area contributed by atoms with E-state index in [1.165, 1.54) is 0 Å². The molecule has 166 valence electrons.